The van der Waals surface area contributed by atoms with Gasteiger partial charge in [-0.25, -0.2) is 0 Å². The van der Waals surface area contributed by atoms with Crippen molar-refractivity contribution in [2.75, 3.05) is 6.54 Å². The van der Waals surface area contributed by atoms with Gasteiger partial charge in [-0.1, -0.05) is 43.2 Å². The first-order valence-corrected chi connectivity index (χ1v) is 6.51. The molecule has 0 radical (unpaired) electrons. The van der Waals surface area contributed by atoms with Crippen molar-refractivity contribution in [3.8, 4) is 0 Å². The van der Waals surface area contributed by atoms with Crippen LogP contribution in [0.4, 0.5) is 0 Å². The molecule has 0 aliphatic carbocycles. The Morgan fingerprint density at radius 2 is 2.00 bits per heavy atom. The second-order valence-corrected chi connectivity index (χ2v) is 4.97. The van der Waals surface area contributed by atoms with Gasteiger partial charge in [0.1, 0.15) is 0 Å². The van der Waals surface area contributed by atoms with Gasteiger partial charge in [-0.3, -0.25) is 4.79 Å². The summed E-state index contributed by atoms with van der Waals surface area (Å²) in [6, 6.07) is 8.01. The highest BCUT2D eigenvalue weighted by Gasteiger charge is 2.07. The molecule has 1 unspecified atom stereocenters. The normalized spacial score (nSPS) is 12.2. The van der Waals surface area contributed by atoms with Crippen molar-refractivity contribution in [3.05, 3.63) is 35.4 Å². The summed E-state index contributed by atoms with van der Waals surface area (Å²) in [7, 11) is 0. The lowest BCUT2D eigenvalue weighted by Gasteiger charge is -2.09. The summed E-state index contributed by atoms with van der Waals surface area (Å²) < 4.78 is 0. The van der Waals surface area contributed by atoms with Crippen molar-refractivity contribution in [2.24, 2.45) is 0 Å². The average molecular weight is 254 g/mol. The number of halogens is 1. The first-order valence-electron chi connectivity index (χ1n) is 6.08. The van der Waals surface area contributed by atoms with E-state index in [0.717, 1.165) is 18.4 Å². The fraction of sp³-hybridized carbons (Fsp3) is 0.500. The third-order valence-electron chi connectivity index (χ3n) is 2.61. The molecule has 0 fully saturated rings. The molecule has 3 heteroatoms. The van der Waals surface area contributed by atoms with E-state index in [2.05, 4.69) is 12.2 Å². The maximum atomic E-state index is 11.6. The summed E-state index contributed by atoms with van der Waals surface area (Å²) in [6.07, 6.45) is 2.41. The maximum Gasteiger partial charge on any atom is 0.224 e. The first kappa shape index (κ1) is 14.0. The van der Waals surface area contributed by atoms with Crippen LogP contribution in [-0.2, 0) is 11.2 Å². The third kappa shape index (κ3) is 5.73. The molecule has 1 N–H and O–H groups in total. The van der Waals surface area contributed by atoms with Crippen molar-refractivity contribution in [2.45, 2.75) is 38.5 Å². The molecule has 0 heterocycles. The van der Waals surface area contributed by atoms with Crippen molar-refractivity contribution in [3.63, 3.8) is 0 Å². The summed E-state index contributed by atoms with van der Waals surface area (Å²) in [6.45, 7) is 4.68. The number of benzene rings is 1. The van der Waals surface area contributed by atoms with Crippen LogP contribution in [0.15, 0.2) is 24.3 Å². The fourth-order valence-electron chi connectivity index (χ4n) is 1.59. The summed E-state index contributed by atoms with van der Waals surface area (Å²) >= 11 is 6.03. The van der Waals surface area contributed by atoms with Crippen LogP contribution in [0, 0.1) is 6.92 Å². The molecule has 1 rings (SSSR count). The van der Waals surface area contributed by atoms with E-state index < -0.39 is 0 Å². The minimum atomic E-state index is 0.0376. The van der Waals surface area contributed by atoms with Crippen LogP contribution in [0.3, 0.4) is 0 Å². The second kappa shape index (κ2) is 7.33. The van der Waals surface area contributed by atoms with Crippen molar-refractivity contribution >= 4 is 17.5 Å². The lowest BCUT2D eigenvalue weighted by atomic mass is 10.1. The topological polar surface area (TPSA) is 29.1 Å². The number of nitrogens with one attached hydrogen (secondary N) is 1. The third-order valence-corrected chi connectivity index (χ3v) is 2.98. The van der Waals surface area contributed by atoms with Crippen molar-refractivity contribution < 1.29 is 4.79 Å². The molecule has 0 bridgehead atoms. The molecule has 1 atom stereocenters. The van der Waals surface area contributed by atoms with E-state index in [1.54, 1.807) is 0 Å². The van der Waals surface area contributed by atoms with E-state index in [0.29, 0.717) is 13.0 Å². The molecule has 0 spiro atoms. The summed E-state index contributed by atoms with van der Waals surface area (Å²) in [5, 5.41) is 2.90. The zero-order valence-corrected chi connectivity index (χ0v) is 11.3. The highest BCUT2D eigenvalue weighted by molar-refractivity contribution is 6.20. The monoisotopic (exact) mass is 253 g/mol. The molecule has 1 aromatic carbocycles. The number of carbonyl (C=O) groups excluding carboxylic acids is 1. The number of rotatable bonds is 6. The number of aryl methyl sites for hydroxylation is 1. The largest absolute Gasteiger partial charge is 0.354 e. The second-order valence-electron chi connectivity index (χ2n) is 4.35. The van der Waals surface area contributed by atoms with E-state index in [4.69, 9.17) is 11.6 Å². The van der Waals surface area contributed by atoms with Gasteiger partial charge in [0.25, 0.3) is 0 Å². The van der Waals surface area contributed by atoms with Gasteiger partial charge < -0.3 is 5.32 Å². The molecular formula is C14H20ClNO. The molecule has 0 aliphatic heterocycles. The summed E-state index contributed by atoms with van der Waals surface area (Å²) in [5.74, 6) is 0.0376. The highest BCUT2D eigenvalue weighted by atomic mass is 35.5. The van der Waals surface area contributed by atoms with E-state index in [-0.39, 0.29) is 11.3 Å². The van der Waals surface area contributed by atoms with Gasteiger partial charge in [0.15, 0.2) is 0 Å². The molecule has 0 aromatic heterocycles. The summed E-state index contributed by atoms with van der Waals surface area (Å²) in [5.41, 5.74) is 2.24. The predicted octanol–water partition coefficient (Wildman–Crippen LogP) is 3.06. The number of hydrogen-bond donors (Lipinski definition) is 1. The molecule has 0 saturated carbocycles. The van der Waals surface area contributed by atoms with Gasteiger partial charge in [-0.2, -0.15) is 0 Å². The Bertz CT molecular complexity index is 348. The minimum Gasteiger partial charge on any atom is -0.354 e. The van der Waals surface area contributed by atoms with Crippen LogP contribution < -0.4 is 5.32 Å². The van der Waals surface area contributed by atoms with Crippen LogP contribution in [-0.4, -0.2) is 17.8 Å². The van der Waals surface area contributed by atoms with Gasteiger partial charge in [0, 0.05) is 6.54 Å². The Labute approximate surface area is 108 Å². The number of amides is 1. The number of carbonyl (C=O) groups is 1. The van der Waals surface area contributed by atoms with Crippen LogP contribution in [0.2, 0.25) is 0 Å². The number of alkyl halides is 1. The van der Waals surface area contributed by atoms with E-state index in [9.17, 15) is 4.79 Å². The molecule has 1 aromatic rings. The van der Waals surface area contributed by atoms with Crippen LogP contribution in [0.25, 0.3) is 0 Å². The Hall–Kier alpha value is -1.02. The Balaban J connectivity index is 2.32. The highest BCUT2D eigenvalue weighted by Crippen LogP contribution is 2.05. The average Bonchev–Trinajstić information content (AvgIpc) is 2.30. The van der Waals surface area contributed by atoms with Gasteiger partial charge in [0.2, 0.25) is 5.91 Å². The quantitative estimate of drug-likeness (QED) is 0.776. The molecule has 0 saturated heterocycles. The van der Waals surface area contributed by atoms with E-state index >= 15 is 0 Å². The van der Waals surface area contributed by atoms with E-state index in [1.165, 1.54) is 5.56 Å². The van der Waals surface area contributed by atoms with Gasteiger partial charge in [-0.15, -0.1) is 11.6 Å². The lowest BCUT2D eigenvalue weighted by Crippen LogP contribution is -2.30. The van der Waals surface area contributed by atoms with E-state index in [1.807, 2.05) is 31.2 Å². The van der Waals surface area contributed by atoms with Crippen molar-refractivity contribution in [1.82, 2.24) is 5.32 Å². The molecule has 17 heavy (non-hydrogen) atoms. The molecular weight excluding hydrogens is 234 g/mol. The lowest BCUT2D eigenvalue weighted by molar-refractivity contribution is -0.120. The summed E-state index contributed by atoms with van der Waals surface area (Å²) in [4.78, 5) is 11.6. The predicted molar refractivity (Wildman–Crippen MR) is 72.4 cm³/mol. The first-order chi connectivity index (χ1) is 8.11. The zero-order valence-electron chi connectivity index (χ0n) is 10.5. The van der Waals surface area contributed by atoms with Crippen LogP contribution >= 0.6 is 11.6 Å². The Kier molecular flexibility index (Phi) is 6.06. The minimum absolute atomic E-state index is 0.0376. The molecule has 0 aliphatic rings. The fourth-order valence-corrected chi connectivity index (χ4v) is 1.89. The van der Waals surface area contributed by atoms with Crippen molar-refractivity contribution in [1.29, 1.82) is 0 Å². The SMILES string of the molecule is CCCC(Cl)CNC(=O)Cc1ccc(C)cc1. The van der Waals surface area contributed by atoms with Gasteiger partial charge in [0.05, 0.1) is 11.8 Å². The van der Waals surface area contributed by atoms with Crippen LogP contribution in [0.1, 0.15) is 30.9 Å². The Morgan fingerprint density at radius 3 is 2.59 bits per heavy atom. The molecule has 1 amide bonds. The van der Waals surface area contributed by atoms with Crippen LogP contribution in [0.5, 0.6) is 0 Å². The standard InChI is InChI=1S/C14H20ClNO/c1-3-4-13(15)10-16-14(17)9-12-7-5-11(2)6-8-12/h5-8,13H,3-4,9-10H2,1-2H3,(H,16,17). The molecule has 2 nitrogen and oxygen atoms in total. The van der Waals surface area contributed by atoms with Gasteiger partial charge in [-0.05, 0) is 18.9 Å². The Morgan fingerprint density at radius 1 is 1.35 bits per heavy atom. The smallest absolute Gasteiger partial charge is 0.224 e. The van der Waals surface area contributed by atoms with Gasteiger partial charge >= 0.3 is 0 Å². The number of hydrogen-bond acceptors (Lipinski definition) is 1. The zero-order chi connectivity index (χ0) is 12.7. The molecule has 94 valence electrons. The maximum absolute atomic E-state index is 11.6.